The highest BCUT2D eigenvalue weighted by atomic mass is 32.1. The standard InChI is InChI=1S/C6H5NO4S/c8-5-3-1-2-4-7(5)10-6(9)11-12/h1-4,12H. The van der Waals surface area contributed by atoms with Gasteiger partial charge in [-0.2, -0.15) is 0 Å². The molecular weight excluding hydrogens is 182 g/mol. The fourth-order valence-electron chi connectivity index (χ4n) is 0.585. The largest absolute Gasteiger partial charge is 0.546 e. The Labute approximate surface area is 73.1 Å². The van der Waals surface area contributed by atoms with Gasteiger partial charge in [0.15, 0.2) is 0 Å². The van der Waals surface area contributed by atoms with Gasteiger partial charge in [-0.3, -0.25) is 9.63 Å². The Morgan fingerprint density at radius 1 is 1.50 bits per heavy atom. The molecule has 0 aliphatic heterocycles. The quantitative estimate of drug-likeness (QED) is 0.506. The van der Waals surface area contributed by atoms with Crippen LogP contribution in [0.4, 0.5) is 4.79 Å². The van der Waals surface area contributed by atoms with Gasteiger partial charge >= 0.3 is 6.16 Å². The number of carbonyl (C=O) groups is 1. The van der Waals surface area contributed by atoms with Crippen LogP contribution in [0.25, 0.3) is 0 Å². The molecule has 0 aliphatic carbocycles. The average Bonchev–Trinajstić information content (AvgIpc) is 2.09. The van der Waals surface area contributed by atoms with E-state index in [1.165, 1.54) is 24.4 Å². The molecule has 1 heterocycles. The first-order valence-electron chi connectivity index (χ1n) is 2.95. The summed E-state index contributed by atoms with van der Waals surface area (Å²) in [6.07, 6.45) is 0.221. The van der Waals surface area contributed by atoms with Crippen molar-refractivity contribution in [1.82, 2.24) is 4.73 Å². The summed E-state index contributed by atoms with van der Waals surface area (Å²) in [6.45, 7) is 0. The predicted octanol–water partition coefficient (Wildman–Crippen LogP) is 0.258. The van der Waals surface area contributed by atoms with Crippen molar-refractivity contribution < 1.29 is 13.8 Å². The minimum absolute atomic E-state index is 0.462. The lowest BCUT2D eigenvalue weighted by Gasteiger charge is -2.01. The summed E-state index contributed by atoms with van der Waals surface area (Å²) in [5.41, 5.74) is -0.462. The van der Waals surface area contributed by atoms with E-state index in [1.807, 2.05) is 0 Å². The summed E-state index contributed by atoms with van der Waals surface area (Å²) in [5.74, 6) is 0. The maximum absolute atomic E-state index is 10.9. The zero-order chi connectivity index (χ0) is 8.97. The van der Waals surface area contributed by atoms with Gasteiger partial charge < -0.3 is 4.18 Å². The Hall–Kier alpha value is -1.43. The third-order valence-corrected chi connectivity index (χ3v) is 1.19. The summed E-state index contributed by atoms with van der Waals surface area (Å²) in [5, 5.41) is 0. The highest BCUT2D eigenvalue weighted by Crippen LogP contribution is 1.84. The molecule has 1 aromatic heterocycles. The Bertz CT molecular complexity index is 334. The second kappa shape index (κ2) is 3.82. The van der Waals surface area contributed by atoms with Crippen molar-refractivity contribution >= 4 is 19.1 Å². The first kappa shape index (κ1) is 8.66. The maximum atomic E-state index is 10.9. The Balaban J connectivity index is 2.83. The number of nitrogens with zero attached hydrogens (tertiary/aromatic N) is 1. The summed E-state index contributed by atoms with van der Waals surface area (Å²) >= 11 is 3.19. The van der Waals surface area contributed by atoms with Crippen LogP contribution in [-0.4, -0.2) is 10.9 Å². The van der Waals surface area contributed by atoms with Crippen LogP contribution in [-0.2, 0) is 4.18 Å². The van der Waals surface area contributed by atoms with Crippen molar-refractivity contribution in [2.24, 2.45) is 0 Å². The van der Waals surface area contributed by atoms with Crippen molar-refractivity contribution in [3.63, 3.8) is 0 Å². The van der Waals surface area contributed by atoms with E-state index >= 15 is 0 Å². The van der Waals surface area contributed by atoms with Gasteiger partial charge in [-0.05, 0) is 6.07 Å². The van der Waals surface area contributed by atoms with E-state index in [2.05, 4.69) is 21.9 Å². The van der Waals surface area contributed by atoms with Gasteiger partial charge in [0.05, 0.1) is 0 Å². The molecule has 0 N–H and O–H groups in total. The van der Waals surface area contributed by atoms with Crippen molar-refractivity contribution in [1.29, 1.82) is 0 Å². The molecule has 64 valence electrons. The smallest absolute Gasteiger partial charge is 0.361 e. The van der Waals surface area contributed by atoms with Gasteiger partial charge in [0.1, 0.15) is 0 Å². The summed E-state index contributed by atoms with van der Waals surface area (Å²) in [6, 6.07) is 4.30. The van der Waals surface area contributed by atoms with Crippen LogP contribution in [0.1, 0.15) is 0 Å². The highest BCUT2D eigenvalue weighted by molar-refractivity contribution is 7.75. The average molecular weight is 187 g/mol. The van der Waals surface area contributed by atoms with Crippen LogP contribution >= 0.6 is 12.9 Å². The van der Waals surface area contributed by atoms with Gasteiger partial charge in [-0.25, -0.2) is 4.79 Å². The fraction of sp³-hybridized carbons (Fsp3) is 0. The molecule has 6 heteroatoms. The number of carbonyl (C=O) groups excluding carboxylic acids is 1. The van der Waals surface area contributed by atoms with Gasteiger partial charge in [-0.1, -0.05) is 6.07 Å². The molecule has 0 saturated carbocycles. The molecule has 0 bridgehead atoms. The molecule has 0 unspecified atom stereocenters. The lowest BCUT2D eigenvalue weighted by molar-refractivity contribution is 0.0920. The van der Waals surface area contributed by atoms with Gasteiger partial charge in [0.25, 0.3) is 5.56 Å². The normalized spacial score (nSPS) is 9.08. The molecule has 5 nitrogen and oxygen atoms in total. The molecule has 12 heavy (non-hydrogen) atoms. The molecule has 1 rings (SSSR count). The zero-order valence-corrected chi connectivity index (χ0v) is 6.73. The molecule has 0 amide bonds. The Morgan fingerprint density at radius 3 is 2.83 bits per heavy atom. The van der Waals surface area contributed by atoms with Gasteiger partial charge in [0.2, 0.25) is 0 Å². The second-order valence-corrected chi connectivity index (χ2v) is 1.98. The van der Waals surface area contributed by atoms with Crippen LogP contribution in [0, 0.1) is 0 Å². The third-order valence-electron chi connectivity index (χ3n) is 1.04. The second-order valence-electron chi connectivity index (χ2n) is 1.80. The number of hydrogen-bond donors (Lipinski definition) is 1. The molecule has 1 aromatic rings. The number of aromatic nitrogens is 1. The fourth-order valence-corrected chi connectivity index (χ4v) is 0.618. The molecule has 0 fully saturated rings. The summed E-state index contributed by atoms with van der Waals surface area (Å²) in [4.78, 5) is 25.7. The highest BCUT2D eigenvalue weighted by Gasteiger charge is 2.03. The maximum Gasteiger partial charge on any atom is 0.546 e. The molecule has 0 aliphatic rings. The van der Waals surface area contributed by atoms with Crippen molar-refractivity contribution in [3.05, 3.63) is 34.7 Å². The van der Waals surface area contributed by atoms with E-state index in [0.717, 1.165) is 4.73 Å². The number of thiol groups is 1. The van der Waals surface area contributed by atoms with Crippen LogP contribution in [0.15, 0.2) is 29.2 Å². The first-order chi connectivity index (χ1) is 5.74. The van der Waals surface area contributed by atoms with Crippen LogP contribution < -0.4 is 10.4 Å². The summed E-state index contributed by atoms with van der Waals surface area (Å²) < 4.78 is 4.62. The molecule has 0 spiro atoms. The van der Waals surface area contributed by atoms with E-state index in [9.17, 15) is 9.59 Å². The molecule has 0 radical (unpaired) electrons. The molecule has 0 atom stereocenters. The number of hydrogen-bond acceptors (Lipinski definition) is 5. The Kier molecular flexibility index (Phi) is 2.76. The predicted molar refractivity (Wildman–Crippen MR) is 42.7 cm³/mol. The van der Waals surface area contributed by atoms with Crippen LogP contribution in [0.2, 0.25) is 0 Å². The van der Waals surface area contributed by atoms with Crippen molar-refractivity contribution in [2.45, 2.75) is 0 Å². The summed E-state index contributed by atoms with van der Waals surface area (Å²) in [7, 11) is 0. The number of rotatable bonds is 1. The SMILES string of the molecule is O=C(OS)On1ccccc1=O. The van der Waals surface area contributed by atoms with E-state index in [0.29, 0.717) is 0 Å². The lowest BCUT2D eigenvalue weighted by atomic mass is 10.5. The molecular formula is C6H5NO4S. The zero-order valence-electron chi connectivity index (χ0n) is 5.84. The van der Waals surface area contributed by atoms with Gasteiger partial charge in [0, 0.05) is 25.2 Å². The topological polar surface area (TPSA) is 57.5 Å². The molecule has 0 aromatic carbocycles. The van der Waals surface area contributed by atoms with E-state index in [-0.39, 0.29) is 0 Å². The number of pyridine rings is 1. The van der Waals surface area contributed by atoms with Crippen LogP contribution in [0.5, 0.6) is 0 Å². The minimum Gasteiger partial charge on any atom is -0.361 e. The first-order valence-corrected chi connectivity index (χ1v) is 3.32. The van der Waals surface area contributed by atoms with E-state index in [1.54, 1.807) is 0 Å². The Morgan fingerprint density at radius 2 is 2.25 bits per heavy atom. The monoisotopic (exact) mass is 187 g/mol. The lowest BCUT2D eigenvalue weighted by Crippen LogP contribution is -2.28. The van der Waals surface area contributed by atoms with Crippen molar-refractivity contribution in [2.75, 3.05) is 0 Å². The van der Waals surface area contributed by atoms with E-state index < -0.39 is 11.7 Å². The minimum atomic E-state index is -1.06. The third kappa shape index (κ3) is 2.03. The van der Waals surface area contributed by atoms with Crippen LogP contribution in [0.3, 0.4) is 0 Å². The van der Waals surface area contributed by atoms with Gasteiger partial charge in [-0.15, -0.1) is 4.73 Å². The molecule has 0 saturated heterocycles. The van der Waals surface area contributed by atoms with E-state index in [4.69, 9.17) is 0 Å². The van der Waals surface area contributed by atoms with Crippen molar-refractivity contribution in [3.8, 4) is 0 Å².